The molecule has 0 bridgehead atoms. The van der Waals surface area contributed by atoms with Crippen LogP contribution in [-0.4, -0.2) is 86.5 Å². The fraction of sp³-hybridized carbons (Fsp3) is 0.333. The van der Waals surface area contributed by atoms with Crippen LogP contribution in [0.15, 0.2) is 113 Å². The Morgan fingerprint density at radius 2 is 1.58 bits per heavy atom. The van der Waals surface area contributed by atoms with Crippen molar-refractivity contribution in [3.63, 3.8) is 0 Å². The van der Waals surface area contributed by atoms with Crippen LogP contribution in [0, 0.1) is 10.1 Å². The number of carbonyl (C=O) groups excluding carboxylic acids is 2. The average molecular weight is 759 g/mol. The van der Waals surface area contributed by atoms with Crippen molar-refractivity contribution in [2.75, 3.05) is 49.7 Å². The van der Waals surface area contributed by atoms with Gasteiger partial charge in [0.05, 0.1) is 9.82 Å². The smallest absolute Gasteiger partial charge is 0.293 e. The fourth-order valence-electron chi connectivity index (χ4n) is 6.27. The van der Waals surface area contributed by atoms with Crippen LogP contribution in [0.5, 0.6) is 0 Å². The molecule has 0 aliphatic carbocycles. The Labute approximate surface area is 315 Å². The molecule has 12 nitrogen and oxygen atoms in total. The van der Waals surface area contributed by atoms with Gasteiger partial charge in [-0.1, -0.05) is 48.5 Å². The third-order valence-electron chi connectivity index (χ3n) is 9.18. The summed E-state index contributed by atoms with van der Waals surface area (Å²) in [5.74, 6) is -0.173. The van der Waals surface area contributed by atoms with E-state index in [0.717, 1.165) is 54.7 Å². The number of nitrogens with one attached hydrogen (secondary N) is 2. The second-order valence-electron chi connectivity index (χ2n) is 13.3. The summed E-state index contributed by atoms with van der Waals surface area (Å²) in [4.78, 5) is 43.9. The number of nitrogens with zero attached hydrogens (tertiary/aromatic N) is 4. The first-order valence-electron chi connectivity index (χ1n) is 17.5. The number of nitro benzene ring substituents is 1. The first kappa shape index (κ1) is 39.3. The van der Waals surface area contributed by atoms with Gasteiger partial charge in [-0.25, -0.2) is 13.1 Å². The molecule has 1 heterocycles. The van der Waals surface area contributed by atoms with Crippen LogP contribution in [0.25, 0.3) is 0 Å². The Hall–Kier alpha value is -4.92. The molecule has 1 saturated heterocycles. The van der Waals surface area contributed by atoms with Crippen molar-refractivity contribution in [1.82, 2.24) is 14.5 Å². The van der Waals surface area contributed by atoms with Gasteiger partial charge in [-0.05, 0) is 94.0 Å². The lowest BCUT2D eigenvalue weighted by Crippen LogP contribution is -2.46. The summed E-state index contributed by atoms with van der Waals surface area (Å²) < 4.78 is 28.7. The predicted molar refractivity (Wildman–Crippen MR) is 210 cm³/mol. The average Bonchev–Trinajstić information content (AvgIpc) is 3.15. The summed E-state index contributed by atoms with van der Waals surface area (Å²) in [7, 11) is -0.530. The molecule has 1 unspecified atom stereocenters. The van der Waals surface area contributed by atoms with E-state index in [0.29, 0.717) is 18.7 Å². The van der Waals surface area contributed by atoms with E-state index in [4.69, 9.17) is 0 Å². The van der Waals surface area contributed by atoms with Crippen molar-refractivity contribution in [2.24, 2.45) is 0 Å². The number of carbonyl (C=O) groups is 2. The number of thioether (sulfide) groups is 1. The Balaban J connectivity index is 1.21. The number of amides is 2. The first-order valence-corrected chi connectivity index (χ1v) is 20.0. The van der Waals surface area contributed by atoms with E-state index >= 15 is 0 Å². The lowest BCUT2D eigenvalue weighted by atomic mass is 10.0. The number of piperidine rings is 1. The van der Waals surface area contributed by atoms with Gasteiger partial charge in [0.25, 0.3) is 21.6 Å². The standard InChI is InChI=1S/C39H46N6O6S2/c1-29(46)44(27-30-10-6-4-7-11-30)34-21-24-43(25-22-34)33-16-14-31(15-17-33)39(47)41-53(50,51)36-18-19-37(38(26-36)45(48)49)40-32(20-23-42(2)3)28-52-35-12-8-5-9-13-35/h4-19,26,32,34,40H,20-25,27-28H2,1-3H3,(H,41,47). The number of hydrogen-bond donors (Lipinski definition) is 2. The highest BCUT2D eigenvalue weighted by molar-refractivity contribution is 7.99. The van der Waals surface area contributed by atoms with Gasteiger partial charge in [0, 0.05) is 66.6 Å². The molecule has 4 aromatic rings. The van der Waals surface area contributed by atoms with Crippen molar-refractivity contribution in [3.8, 4) is 0 Å². The zero-order chi connectivity index (χ0) is 38.0. The molecule has 0 radical (unpaired) electrons. The van der Waals surface area contributed by atoms with Crippen molar-refractivity contribution < 1.29 is 22.9 Å². The number of anilines is 2. The van der Waals surface area contributed by atoms with Gasteiger partial charge >= 0.3 is 0 Å². The van der Waals surface area contributed by atoms with Crippen molar-refractivity contribution in [2.45, 2.75) is 54.6 Å². The zero-order valence-electron chi connectivity index (χ0n) is 30.2. The molecule has 1 aliphatic heterocycles. The molecule has 1 atom stereocenters. The number of benzene rings is 4. The van der Waals surface area contributed by atoms with E-state index in [1.54, 1.807) is 43.0 Å². The summed E-state index contributed by atoms with van der Waals surface area (Å²) in [5, 5.41) is 15.4. The molecule has 0 aromatic heterocycles. The molecule has 14 heteroatoms. The van der Waals surface area contributed by atoms with Gasteiger partial charge in [-0.15, -0.1) is 11.8 Å². The van der Waals surface area contributed by atoms with Crippen LogP contribution in [0.3, 0.4) is 0 Å². The maximum atomic E-state index is 13.3. The summed E-state index contributed by atoms with van der Waals surface area (Å²) in [6, 6.07) is 30.0. The van der Waals surface area contributed by atoms with Crippen LogP contribution in [0.2, 0.25) is 0 Å². The van der Waals surface area contributed by atoms with Gasteiger partial charge in [0.2, 0.25) is 5.91 Å². The van der Waals surface area contributed by atoms with Crippen LogP contribution >= 0.6 is 11.8 Å². The summed E-state index contributed by atoms with van der Waals surface area (Å²) in [6.07, 6.45) is 2.28. The number of sulfonamides is 1. The molecule has 280 valence electrons. The molecule has 5 rings (SSSR count). The van der Waals surface area contributed by atoms with Gasteiger partial charge in [0.15, 0.2) is 0 Å². The third-order valence-corrected chi connectivity index (χ3v) is 11.7. The zero-order valence-corrected chi connectivity index (χ0v) is 31.8. The van der Waals surface area contributed by atoms with E-state index in [9.17, 15) is 28.1 Å². The van der Waals surface area contributed by atoms with Crippen LogP contribution in [0.1, 0.15) is 42.1 Å². The number of hydrogen-bond acceptors (Lipinski definition) is 10. The monoisotopic (exact) mass is 758 g/mol. The van der Waals surface area contributed by atoms with Gasteiger partial charge in [0.1, 0.15) is 5.69 Å². The molecular formula is C39H46N6O6S2. The Morgan fingerprint density at radius 1 is 0.943 bits per heavy atom. The maximum Gasteiger partial charge on any atom is 0.293 e. The largest absolute Gasteiger partial charge is 0.376 e. The van der Waals surface area contributed by atoms with E-state index in [-0.39, 0.29) is 29.2 Å². The molecule has 1 aliphatic rings. The second-order valence-corrected chi connectivity index (χ2v) is 16.1. The summed E-state index contributed by atoms with van der Waals surface area (Å²) >= 11 is 1.63. The lowest BCUT2D eigenvalue weighted by Gasteiger charge is -2.39. The quantitative estimate of drug-likeness (QED) is 0.0764. The third kappa shape index (κ3) is 11.0. The van der Waals surface area contributed by atoms with E-state index in [1.165, 1.54) is 12.1 Å². The Kier molecular flexibility index (Phi) is 13.5. The minimum atomic E-state index is -4.44. The molecule has 4 aromatic carbocycles. The molecule has 1 fully saturated rings. The predicted octanol–water partition coefficient (Wildman–Crippen LogP) is 6.26. The lowest BCUT2D eigenvalue weighted by molar-refractivity contribution is -0.384. The molecule has 2 amide bonds. The number of nitro groups is 1. The van der Waals surface area contributed by atoms with Gasteiger partial charge in [-0.2, -0.15) is 0 Å². The van der Waals surface area contributed by atoms with Crippen LogP contribution in [0.4, 0.5) is 17.1 Å². The van der Waals surface area contributed by atoms with Crippen molar-refractivity contribution in [3.05, 3.63) is 124 Å². The fourth-order valence-corrected chi connectivity index (χ4v) is 8.26. The minimum Gasteiger partial charge on any atom is -0.376 e. The highest BCUT2D eigenvalue weighted by Gasteiger charge is 2.28. The van der Waals surface area contributed by atoms with Crippen LogP contribution in [-0.2, 0) is 21.4 Å². The van der Waals surface area contributed by atoms with Crippen molar-refractivity contribution >= 4 is 50.7 Å². The maximum absolute atomic E-state index is 13.3. The minimum absolute atomic E-state index is 0.0396. The van der Waals surface area contributed by atoms with Gasteiger partial charge in [-0.3, -0.25) is 19.7 Å². The molecule has 53 heavy (non-hydrogen) atoms. The van der Waals surface area contributed by atoms with Crippen LogP contribution < -0.4 is 14.9 Å². The molecule has 0 spiro atoms. The molecule has 0 saturated carbocycles. The van der Waals surface area contributed by atoms with E-state index in [1.807, 2.05) is 84.6 Å². The second kappa shape index (κ2) is 18.2. The Bertz CT molecular complexity index is 1960. The highest BCUT2D eigenvalue weighted by Crippen LogP contribution is 2.30. The summed E-state index contributed by atoms with van der Waals surface area (Å²) in [5.41, 5.74) is 1.89. The topological polar surface area (TPSA) is 145 Å². The molecular weight excluding hydrogens is 713 g/mol. The normalized spacial score (nSPS) is 14.1. The first-order chi connectivity index (χ1) is 25.4. The van der Waals surface area contributed by atoms with E-state index < -0.39 is 31.4 Å². The SMILES string of the molecule is CC(=O)N(Cc1ccccc1)C1CCN(c2ccc(C(=O)NS(=O)(=O)c3ccc(NC(CCN(C)C)CSc4ccccc4)c([N+](=O)[O-])c3)cc2)CC1. The van der Waals surface area contributed by atoms with Crippen molar-refractivity contribution in [1.29, 1.82) is 0 Å². The highest BCUT2D eigenvalue weighted by atomic mass is 32.2. The van der Waals surface area contributed by atoms with E-state index in [2.05, 4.69) is 14.9 Å². The Morgan fingerprint density at radius 3 is 2.19 bits per heavy atom. The molecule has 2 N–H and O–H groups in total. The van der Waals surface area contributed by atoms with Gasteiger partial charge < -0.3 is 20.0 Å². The summed E-state index contributed by atoms with van der Waals surface area (Å²) in [6.45, 7) is 4.34. The number of rotatable bonds is 16.